The minimum atomic E-state index is -0.264. The largest absolute Gasteiger partial charge is 0.291 e. The van der Waals surface area contributed by atoms with Crippen LogP contribution in [0.15, 0.2) is 0 Å². The van der Waals surface area contributed by atoms with Gasteiger partial charge in [-0.25, -0.2) is 0 Å². The highest BCUT2D eigenvalue weighted by atomic mass is 32.4. The van der Waals surface area contributed by atoms with Gasteiger partial charge < -0.3 is 0 Å². The summed E-state index contributed by atoms with van der Waals surface area (Å²) in [4.78, 5) is 18.0. The van der Waals surface area contributed by atoms with Crippen LogP contribution < -0.4 is 0 Å². The van der Waals surface area contributed by atoms with Gasteiger partial charge in [0.1, 0.15) is 0 Å². The predicted octanol–water partition coefficient (Wildman–Crippen LogP) is 1.55. The molecule has 46 valence electrons. The molecule has 0 heterocycles. The number of carbonyl (C=O) groups excluding carboxylic acids is 2. The third-order valence-corrected chi connectivity index (χ3v) is 1.44. The topological polar surface area (TPSA) is 34.1 Å². The fraction of sp³-hybridized carbons (Fsp3) is 0. The zero-order chi connectivity index (χ0) is 6.99. The van der Waals surface area contributed by atoms with Crippen molar-refractivity contribution in [3.63, 3.8) is 0 Å². The molecule has 0 aliphatic carbocycles. The quantitative estimate of drug-likeness (QED) is 0.370. The molecule has 0 bridgehead atoms. The van der Waals surface area contributed by atoms with E-state index in [1.807, 2.05) is 0 Å². The van der Waals surface area contributed by atoms with Crippen LogP contribution in [-0.2, 0) is 16.6 Å². The van der Waals surface area contributed by atoms with Crippen LogP contribution in [0.3, 0.4) is 0 Å². The molecule has 0 saturated carbocycles. The lowest BCUT2D eigenvalue weighted by Crippen LogP contribution is -1.49. The lowest BCUT2D eigenvalue weighted by Gasteiger charge is -1.58. The summed E-state index contributed by atoms with van der Waals surface area (Å²) in [6.45, 7) is 0. The molecular weight excluding hydrogens is 183 g/mol. The van der Waals surface area contributed by atoms with E-state index in [4.69, 9.17) is 4.79 Å². The molecule has 0 saturated heterocycles. The maximum absolute atomic E-state index is 9.56. The van der Waals surface area contributed by atoms with Gasteiger partial charge in [0.05, 0.1) is 7.36 Å². The van der Waals surface area contributed by atoms with E-state index in [9.17, 15) is 4.79 Å². The summed E-state index contributed by atoms with van der Waals surface area (Å²) in [6, 6.07) is 0. The van der Waals surface area contributed by atoms with Crippen molar-refractivity contribution < 1.29 is 9.59 Å². The number of hydrogen-bond acceptors (Lipinski definition) is 3. The highest BCUT2D eigenvalue weighted by Gasteiger charge is 1.75. The third-order valence-electron chi connectivity index (χ3n) is 0.0781. The maximum Gasteiger partial charge on any atom is 0.245 e. The second kappa shape index (κ2) is 10.5. The van der Waals surface area contributed by atoms with E-state index in [0.717, 1.165) is 0 Å². The van der Waals surface area contributed by atoms with E-state index in [-0.39, 0.29) is 4.86 Å². The molecule has 8 heavy (non-hydrogen) atoms. The number of carbonyl (C=O) groups is 2. The van der Waals surface area contributed by atoms with Crippen LogP contribution in [0.5, 0.6) is 0 Å². The Balaban J connectivity index is 0. The van der Waals surface area contributed by atoms with E-state index in [1.54, 1.807) is 0 Å². The van der Waals surface area contributed by atoms with Crippen molar-refractivity contribution in [2.45, 2.75) is 0 Å². The first-order chi connectivity index (χ1) is 3.68. The maximum atomic E-state index is 9.56. The smallest absolute Gasteiger partial charge is 0.245 e. The highest BCUT2D eigenvalue weighted by molar-refractivity contribution is 8.20. The van der Waals surface area contributed by atoms with Crippen molar-refractivity contribution in [2.24, 2.45) is 0 Å². The fourth-order valence-electron chi connectivity index (χ4n) is 0. The highest BCUT2D eigenvalue weighted by Crippen LogP contribution is 1.98. The Kier molecular flexibility index (Phi) is 15.0. The van der Waals surface area contributed by atoms with E-state index < -0.39 is 0 Å². The predicted molar refractivity (Wildman–Crippen MR) is 44.4 cm³/mol. The lowest BCUT2D eigenvalue weighted by atomic mass is 11.8. The first-order valence-electron chi connectivity index (χ1n) is 1.33. The molecule has 0 rings (SSSR count). The summed E-state index contributed by atoms with van der Waals surface area (Å²) in [6.07, 6.45) is 0. The van der Waals surface area contributed by atoms with Crippen molar-refractivity contribution >= 4 is 54.9 Å². The van der Waals surface area contributed by atoms with Crippen LogP contribution in [0.4, 0.5) is 4.79 Å². The van der Waals surface area contributed by atoms with Gasteiger partial charge in [0, 0.05) is 0 Å². The molecule has 0 atom stereocenters. The van der Waals surface area contributed by atoms with Gasteiger partial charge in [-0.1, -0.05) is 12.6 Å². The van der Waals surface area contributed by atoms with Gasteiger partial charge in [-0.05, 0) is 11.8 Å². The summed E-state index contributed by atoms with van der Waals surface area (Å²) < 4.78 is 0. The standard InChI is InChI=1S/CHOPS2.CH2OS/c2-1(4)3-5;2-1-3/h(H,2,4);1H,(H,2,3). The van der Waals surface area contributed by atoms with Crippen molar-refractivity contribution in [3.05, 3.63) is 0 Å². The monoisotopic (exact) mass is 186 g/mol. The van der Waals surface area contributed by atoms with E-state index >= 15 is 0 Å². The Morgan fingerprint density at radius 1 is 1.75 bits per heavy atom. The summed E-state index contributed by atoms with van der Waals surface area (Å²) >= 11 is 10.7. The Labute approximate surface area is 64.7 Å². The fourth-order valence-corrected chi connectivity index (χ4v) is 0. The van der Waals surface area contributed by atoms with Crippen molar-refractivity contribution in [1.29, 1.82) is 0 Å². The second-order valence-electron chi connectivity index (χ2n) is 0.479. The molecule has 0 radical (unpaired) electrons. The minimum Gasteiger partial charge on any atom is -0.291 e. The molecule has 0 N–H and O–H groups in total. The Bertz CT molecular complexity index is 93.3. The van der Waals surface area contributed by atoms with Crippen LogP contribution in [0, 0.1) is 0 Å². The average molecular weight is 186 g/mol. The normalized spacial score (nSPS) is 6.75. The zero-order valence-corrected chi connectivity index (χ0v) is 7.14. The summed E-state index contributed by atoms with van der Waals surface area (Å²) in [5, 5.41) is 0. The van der Waals surface area contributed by atoms with Gasteiger partial charge in [-0.2, -0.15) is 0 Å². The van der Waals surface area contributed by atoms with Gasteiger partial charge in [0.15, 0.2) is 5.62 Å². The molecule has 0 amide bonds. The Morgan fingerprint density at radius 3 is 1.88 bits per heavy atom. The second-order valence-corrected chi connectivity index (χ2v) is 2.59. The van der Waals surface area contributed by atoms with Gasteiger partial charge in [0.2, 0.25) is 4.86 Å². The molecule has 0 aromatic rings. The van der Waals surface area contributed by atoms with Gasteiger partial charge >= 0.3 is 0 Å². The summed E-state index contributed by atoms with van der Waals surface area (Å²) in [7, 11) is 0.306. The summed E-state index contributed by atoms with van der Waals surface area (Å²) in [5.74, 6) is 0. The number of hydrogen-bond donors (Lipinski definition) is 2. The van der Waals surface area contributed by atoms with E-state index in [0.29, 0.717) is 13.0 Å². The first-order valence-corrected chi connectivity index (χ1v) is 4.20. The molecule has 2 nitrogen and oxygen atoms in total. The van der Waals surface area contributed by atoms with Gasteiger partial charge in [0.25, 0.3) is 0 Å². The summed E-state index contributed by atoms with van der Waals surface area (Å²) in [5.41, 5.74) is 0.444. The van der Waals surface area contributed by atoms with E-state index in [2.05, 4.69) is 37.1 Å². The van der Waals surface area contributed by atoms with Crippen LogP contribution >= 0.6 is 32.6 Å². The Morgan fingerprint density at radius 2 is 1.88 bits per heavy atom. The molecule has 0 fully saturated rings. The molecule has 0 unspecified atom stereocenters. The van der Waals surface area contributed by atoms with Crippen LogP contribution in [-0.4, -0.2) is 10.5 Å². The van der Waals surface area contributed by atoms with Crippen molar-refractivity contribution in [1.82, 2.24) is 0 Å². The molecule has 0 aliphatic heterocycles. The molecule has 0 aliphatic rings. The Hall–Kier alpha value is 0.560. The molecule has 0 aromatic carbocycles. The van der Waals surface area contributed by atoms with Crippen molar-refractivity contribution in [2.75, 3.05) is 0 Å². The van der Waals surface area contributed by atoms with E-state index in [1.165, 1.54) is 0 Å². The van der Waals surface area contributed by atoms with Gasteiger partial charge in [-0.15, -0.1) is 12.6 Å². The lowest BCUT2D eigenvalue weighted by molar-refractivity contribution is 0.277. The number of rotatable bonds is 1. The average Bonchev–Trinajstić information content (AvgIpc) is 1.69. The van der Waals surface area contributed by atoms with Crippen molar-refractivity contribution in [3.8, 4) is 0 Å². The van der Waals surface area contributed by atoms with Crippen LogP contribution in [0.2, 0.25) is 0 Å². The molecule has 0 aromatic heterocycles. The molecule has 0 spiro atoms. The zero-order valence-electron chi connectivity index (χ0n) is 3.64. The van der Waals surface area contributed by atoms with Crippen LogP contribution in [0.25, 0.3) is 0 Å². The van der Waals surface area contributed by atoms with Crippen LogP contribution in [0.1, 0.15) is 0 Å². The molecular formula is C2H3O2PS3. The third kappa shape index (κ3) is 30.9. The van der Waals surface area contributed by atoms with Gasteiger partial charge in [-0.3, -0.25) is 9.59 Å². The minimum absolute atomic E-state index is 0.264. The SMILES string of the molecule is O=C(S)P=S.O=CS. The first kappa shape index (κ1) is 11.4. The molecule has 6 heteroatoms. The number of thiol groups is 2.